The van der Waals surface area contributed by atoms with Crippen molar-refractivity contribution < 1.29 is 4.74 Å². The zero-order chi connectivity index (χ0) is 10.6. The highest BCUT2D eigenvalue weighted by Gasteiger charge is 2.32. The van der Waals surface area contributed by atoms with Crippen LogP contribution >= 0.6 is 0 Å². The second-order valence-corrected chi connectivity index (χ2v) is 5.21. The minimum atomic E-state index is 0.121. The first-order chi connectivity index (χ1) is 6.56. The summed E-state index contributed by atoms with van der Waals surface area (Å²) < 4.78 is 5.91. The summed E-state index contributed by atoms with van der Waals surface area (Å²) in [6, 6.07) is 0.654. The number of hydrogen-bond donors (Lipinski definition) is 1. The molecule has 1 N–H and O–H groups in total. The van der Waals surface area contributed by atoms with Gasteiger partial charge in [-0.25, -0.2) is 0 Å². The molecule has 0 spiro atoms. The monoisotopic (exact) mass is 199 g/mol. The van der Waals surface area contributed by atoms with Gasteiger partial charge in [-0.2, -0.15) is 0 Å². The van der Waals surface area contributed by atoms with Gasteiger partial charge < -0.3 is 10.1 Å². The fraction of sp³-hybridized carbons (Fsp3) is 1.00. The van der Waals surface area contributed by atoms with Crippen LogP contribution in [0.3, 0.4) is 0 Å². The van der Waals surface area contributed by atoms with Gasteiger partial charge in [0, 0.05) is 12.6 Å². The molecule has 2 heteroatoms. The highest BCUT2D eigenvalue weighted by molar-refractivity contribution is 4.85. The molecule has 1 fully saturated rings. The molecule has 0 aliphatic carbocycles. The van der Waals surface area contributed by atoms with Gasteiger partial charge in [0.25, 0.3) is 0 Å². The lowest BCUT2D eigenvalue weighted by Gasteiger charge is -2.38. The molecular weight excluding hydrogens is 174 g/mol. The second kappa shape index (κ2) is 5.13. The Balaban J connectivity index is 2.38. The van der Waals surface area contributed by atoms with E-state index in [1.54, 1.807) is 0 Å². The van der Waals surface area contributed by atoms with Gasteiger partial charge in [-0.3, -0.25) is 0 Å². The first-order valence-electron chi connectivity index (χ1n) is 5.87. The van der Waals surface area contributed by atoms with Crippen molar-refractivity contribution in [3.8, 4) is 0 Å². The molecule has 2 atom stereocenters. The third-order valence-corrected chi connectivity index (χ3v) is 3.25. The van der Waals surface area contributed by atoms with Crippen molar-refractivity contribution >= 4 is 0 Å². The molecule has 0 amide bonds. The Labute approximate surface area is 88.4 Å². The highest BCUT2D eigenvalue weighted by atomic mass is 16.5. The first-order valence-corrected chi connectivity index (χ1v) is 5.87. The summed E-state index contributed by atoms with van der Waals surface area (Å²) in [4.78, 5) is 0. The average molecular weight is 199 g/mol. The summed E-state index contributed by atoms with van der Waals surface area (Å²) >= 11 is 0. The molecule has 14 heavy (non-hydrogen) atoms. The van der Waals surface area contributed by atoms with E-state index >= 15 is 0 Å². The average Bonchev–Trinajstić information content (AvgIpc) is 2.15. The van der Waals surface area contributed by atoms with E-state index in [-0.39, 0.29) is 5.60 Å². The third-order valence-electron chi connectivity index (χ3n) is 3.25. The zero-order valence-corrected chi connectivity index (χ0v) is 10.1. The molecule has 1 aliphatic heterocycles. The smallest absolute Gasteiger partial charge is 0.0669 e. The number of nitrogens with one attached hydrogen (secondary N) is 1. The molecule has 1 heterocycles. The van der Waals surface area contributed by atoms with Crippen molar-refractivity contribution in [2.45, 2.75) is 58.1 Å². The van der Waals surface area contributed by atoms with Crippen LogP contribution in [0.4, 0.5) is 0 Å². The van der Waals surface area contributed by atoms with Gasteiger partial charge in [0.1, 0.15) is 0 Å². The SMILES string of the molecule is CNC1CCOC(C)(CCC(C)C)C1. The summed E-state index contributed by atoms with van der Waals surface area (Å²) in [5.41, 5.74) is 0.121. The van der Waals surface area contributed by atoms with Crippen LogP contribution < -0.4 is 5.32 Å². The van der Waals surface area contributed by atoms with Crippen LogP contribution in [0.1, 0.15) is 46.5 Å². The van der Waals surface area contributed by atoms with Crippen LogP contribution in [0.2, 0.25) is 0 Å². The zero-order valence-electron chi connectivity index (χ0n) is 10.1. The summed E-state index contributed by atoms with van der Waals surface area (Å²) in [5.74, 6) is 0.783. The molecule has 1 rings (SSSR count). The minimum absolute atomic E-state index is 0.121. The Morgan fingerprint density at radius 2 is 2.21 bits per heavy atom. The van der Waals surface area contributed by atoms with Crippen molar-refractivity contribution in [2.24, 2.45) is 5.92 Å². The third kappa shape index (κ3) is 3.58. The van der Waals surface area contributed by atoms with Crippen LogP contribution in [0.25, 0.3) is 0 Å². The Kier molecular flexibility index (Phi) is 4.39. The minimum Gasteiger partial charge on any atom is -0.375 e. The molecule has 84 valence electrons. The molecule has 2 nitrogen and oxygen atoms in total. The maximum absolute atomic E-state index is 5.91. The predicted octanol–water partition coefficient (Wildman–Crippen LogP) is 2.58. The topological polar surface area (TPSA) is 21.3 Å². The van der Waals surface area contributed by atoms with Gasteiger partial charge in [-0.1, -0.05) is 13.8 Å². The van der Waals surface area contributed by atoms with E-state index < -0.39 is 0 Å². The summed E-state index contributed by atoms with van der Waals surface area (Å²) in [6.07, 6.45) is 4.79. The molecule has 0 bridgehead atoms. The van der Waals surface area contributed by atoms with Gasteiger partial charge in [0.15, 0.2) is 0 Å². The molecule has 0 aromatic rings. The lowest BCUT2D eigenvalue weighted by molar-refractivity contribution is -0.0824. The van der Waals surface area contributed by atoms with Crippen molar-refractivity contribution in [1.82, 2.24) is 5.32 Å². The van der Waals surface area contributed by atoms with Crippen molar-refractivity contribution in [3.05, 3.63) is 0 Å². The van der Waals surface area contributed by atoms with Crippen LogP contribution in [-0.2, 0) is 4.74 Å². The Bertz CT molecular complexity index is 170. The van der Waals surface area contributed by atoms with E-state index in [2.05, 4.69) is 33.1 Å². The van der Waals surface area contributed by atoms with Gasteiger partial charge in [0.2, 0.25) is 0 Å². The van der Waals surface area contributed by atoms with Crippen LogP contribution in [0, 0.1) is 5.92 Å². The second-order valence-electron chi connectivity index (χ2n) is 5.21. The first kappa shape index (κ1) is 12.0. The molecule has 2 unspecified atom stereocenters. The van der Waals surface area contributed by atoms with Crippen molar-refractivity contribution in [2.75, 3.05) is 13.7 Å². The van der Waals surface area contributed by atoms with Gasteiger partial charge in [-0.15, -0.1) is 0 Å². The standard InChI is InChI=1S/C12H25NO/c1-10(2)5-7-12(3)9-11(13-4)6-8-14-12/h10-11,13H,5-9H2,1-4H3. The Morgan fingerprint density at radius 3 is 2.79 bits per heavy atom. The van der Waals surface area contributed by atoms with Crippen LogP contribution in [-0.4, -0.2) is 25.3 Å². The van der Waals surface area contributed by atoms with Crippen molar-refractivity contribution in [1.29, 1.82) is 0 Å². The van der Waals surface area contributed by atoms with Crippen LogP contribution in [0.5, 0.6) is 0 Å². The fourth-order valence-electron chi connectivity index (χ4n) is 2.14. The van der Waals surface area contributed by atoms with E-state index in [0.717, 1.165) is 25.4 Å². The van der Waals surface area contributed by atoms with Gasteiger partial charge in [0.05, 0.1) is 5.60 Å². The molecule has 0 aromatic heterocycles. The highest BCUT2D eigenvalue weighted by Crippen LogP contribution is 2.30. The molecule has 0 saturated carbocycles. The summed E-state index contributed by atoms with van der Waals surface area (Å²) in [5, 5.41) is 3.37. The molecular formula is C12H25NO. The van der Waals surface area contributed by atoms with Gasteiger partial charge in [-0.05, 0) is 45.6 Å². The summed E-state index contributed by atoms with van der Waals surface area (Å²) in [6.45, 7) is 7.74. The van der Waals surface area contributed by atoms with E-state index in [4.69, 9.17) is 4.74 Å². The summed E-state index contributed by atoms with van der Waals surface area (Å²) in [7, 11) is 2.05. The maximum Gasteiger partial charge on any atom is 0.0669 e. The molecule has 1 aliphatic rings. The van der Waals surface area contributed by atoms with Crippen LogP contribution in [0.15, 0.2) is 0 Å². The Morgan fingerprint density at radius 1 is 1.50 bits per heavy atom. The molecule has 0 aromatic carbocycles. The lowest BCUT2D eigenvalue weighted by atomic mass is 9.86. The molecule has 1 saturated heterocycles. The molecule has 0 radical (unpaired) electrons. The van der Waals surface area contributed by atoms with E-state index in [0.29, 0.717) is 6.04 Å². The Hall–Kier alpha value is -0.0800. The van der Waals surface area contributed by atoms with E-state index in [9.17, 15) is 0 Å². The quantitative estimate of drug-likeness (QED) is 0.751. The lowest BCUT2D eigenvalue weighted by Crippen LogP contribution is -2.44. The fourth-order valence-corrected chi connectivity index (χ4v) is 2.14. The van der Waals surface area contributed by atoms with Crippen molar-refractivity contribution in [3.63, 3.8) is 0 Å². The van der Waals surface area contributed by atoms with E-state index in [1.165, 1.54) is 12.8 Å². The number of rotatable bonds is 4. The predicted molar refractivity (Wildman–Crippen MR) is 60.5 cm³/mol. The van der Waals surface area contributed by atoms with Gasteiger partial charge >= 0.3 is 0 Å². The number of hydrogen-bond acceptors (Lipinski definition) is 2. The normalized spacial score (nSPS) is 33.6. The largest absolute Gasteiger partial charge is 0.375 e. The van der Waals surface area contributed by atoms with E-state index in [1.807, 2.05) is 0 Å². The maximum atomic E-state index is 5.91. The number of ether oxygens (including phenoxy) is 1.